The predicted molar refractivity (Wildman–Crippen MR) is 134 cm³/mol. The smallest absolute Gasteiger partial charge is 0.161 e. The number of alkyl halides is 1. The largest absolute Gasteiger partial charge is 0.337 e. The van der Waals surface area contributed by atoms with Crippen LogP contribution in [0.1, 0.15) is 84.5 Å². The van der Waals surface area contributed by atoms with E-state index in [4.69, 9.17) is 10.7 Å². The van der Waals surface area contributed by atoms with Crippen molar-refractivity contribution < 1.29 is 0 Å². The van der Waals surface area contributed by atoms with E-state index in [1.807, 2.05) is 11.8 Å². The fraction of sp³-hybridized carbons (Fsp3) is 0.913. The molecule has 28 heavy (non-hydrogen) atoms. The molecule has 3 fully saturated rings. The third-order valence-electron chi connectivity index (χ3n) is 8.02. The van der Waals surface area contributed by atoms with Gasteiger partial charge >= 0.3 is 0 Å². The van der Waals surface area contributed by atoms with Gasteiger partial charge in [-0.1, -0.05) is 65.6 Å². The first kappa shape index (κ1) is 21.6. The van der Waals surface area contributed by atoms with Crippen LogP contribution in [0.3, 0.4) is 0 Å². The van der Waals surface area contributed by atoms with E-state index in [0.29, 0.717) is 17.5 Å². The van der Waals surface area contributed by atoms with Gasteiger partial charge < -0.3 is 11.1 Å². The molecule has 0 radical (unpaired) electrons. The summed E-state index contributed by atoms with van der Waals surface area (Å²) >= 11 is 2.14. The predicted octanol–water partition coefficient (Wildman–Crippen LogP) is 5.68. The van der Waals surface area contributed by atoms with Crippen molar-refractivity contribution in [1.82, 2.24) is 5.32 Å². The van der Waals surface area contributed by atoms with Crippen LogP contribution in [0, 0.1) is 23.2 Å². The van der Waals surface area contributed by atoms with Crippen LogP contribution in [0.15, 0.2) is 4.99 Å². The molecule has 3 aliphatic carbocycles. The number of fused-ring (bicyclic) bond motifs is 1. The van der Waals surface area contributed by atoms with Crippen LogP contribution in [0.5, 0.6) is 0 Å². The molecule has 3 N–H and O–H groups in total. The highest BCUT2D eigenvalue weighted by Gasteiger charge is 2.47. The summed E-state index contributed by atoms with van der Waals surface area (Å²) < 4.78 is 3.27. The average Bonchev–Trinajstić information content (AvgIpc) is 2.91. The van der Waals surface area contributed by atoms with Crippen molar-refractivity contribution >= 4 is 41.8 Å². The monoisotopic (exact) mass is 517 g/mol. The fourth-order valence-corrected chi connectivity index (χ4v) is 10.4. The first-order valence-electron chi connectivity index (χ1n) is 11.7. The lowest BCUT2D eigenvalue weighted by molar-refractivity contribution is 0.0466. The van der Waals surface area contributed by atoms with Crippen LogP contribution < -0.4 is 11.1 Å². The highest BCUT2D eigenvalue weighted by molar-refractivity contribution is 14.2. The summed E-state index contributed by atoms with van der Waals surface area (Å²) in [5, 5.41) is 4.84. The standard InChI is InChI=1S/C23H40IN3S/c1-16-8-10-19-20(12-16)27-22(26-15-24-19)28-14-23(18-6-4-3-5-7-18)13-17(2)9-11-21(23)25/h15-21H,3-14,25H2,1-2H3,(H,26,27). The Morgan fingerprint density at radius 3 is 2.71 bits per heavy atom. The number of thioether (sulfide) groups is 1. The normalized spacial score (nSPS) is 42.5. The number of halogens is 1. The quantitative estimate of drug-likeness (QED) is 0.374. The molecule has 0 amide bonds. The van der Waals surface area contributed by atoms with E-state index in [1.54, 1.807) is 0 Å². The molecule has 4 aliphatic rings. The lowest BCUT2D eigenvalue weighted by atomic mass is 9.58. The second-order valence-corrected chi connectivity index (χ2v) is 14.1. The lowest BCUT2D eigenvalue weighted by Gasteiger charge is -2.51. The summed E-state index contributed by atoms with van der Waals surface area (Å²) in [6.07, 6.45) is 15.0. The molecule has 1 aliphatic heterocycles. The third-order valence-corrected chi connectivity index (χ3v) is 12.2. The van der Waals surface area contributed by atoms with Crippen molar-refractivity contribution in [2.24, 2.45) is 33.9 Å². The maximum atomic E-state index is 6.90. The molecule has 0 saturated heterocycles. The number of aliphatic imine (C=N–C) groups is 1. The van der Waals surface area contributed by atoms with Gasteiger partial charge in [-0.05, 0) is 74.5 Å². The number of nitrogens with two attached hydrogens (primary N) is 1. The summed E-state index contributed by atoms with van der Waals surface area (Å²) in [5.74, 6) is 3.68. The van der Waals surface area contributed by atoms with Gasteiger partial charge in [0.1, 0.15) is 0 Å². The van der Waals surface area contributed by atoms with Gasteiger partial charge in [0, 0.05) is 19.9 Å². The van der Waals surface area contributed by atoms with Crippen LogP contribution >= 0.6 is 32.5 Å². The molecule has 0 aromatic heterocycles. The van der Waals surface area contributed by atoms with Crippen LogP contribution in [-0.4, -0.2) is 31.1 Å². The molecule has 3 nitrogen and oxygen atoms in total. The van der Waals surface area contributed by atoms with E-state index in [9.17, 15) is 0 Å². The van der Waals surface area contributed by atoms with Gasteiger partial charge in [-0.3, -0.25) is 4.99 Å². The minimum Gasteiger partial charge on any atom is -0.337 e. The Labute approximate surface area is 186 Å². The summed E-state index contributed by atoms with van der Waals surface area (Å²) in [7, 11) is 0. The van der Waals surface area contributed by atoms with Crippen molar-refractivity contribution in [3.63, 3.8) is 0 Å². The maximum Gasteiger partial charge on any atom is 0.161 e. The number of amidine groups is 1. The van der Waals surface area contributed by atoms with Crippen molar-refractivity contribution in [3.8, 4) is 0 Å². The summed E-state index contributed by atoms with van der Waals surface area (Å²) in [4.78, 5) is 5.28. The second kappa shape index (κ2) is 9.67. The molecule has 0 aromatic rings. The highest BCUT2D eigenvalue weighted by atomic mass is 127. The van der Waals surface area contributed by atoms with Crippen molar-refractivity contribution in [2.45, 2.75) is 100 Å². The molecule has 160 valence electrons. The first-order chi connectivity index (χ1) is 13.6. The van der Waals surface area contributed by atoms with Crippen molar-refractivity contribution in [2.75, 3.05) is 5.75 Å². The van der Waals surface area contributed by atoms with Crippen molar-refractivity contribution in [1.29, 1.82) is 0 Å². The van der Waals surface area contributed by atoms with Crippen LogP contribution in [0.25, 0.3) is 0 Å². The van der Waals surface area contributed by atoms with Crippen LogP contribution in [-0.2, 0) is 0 Å². The Morgan fingerprint density at radius 1 is 1.11 bits per heavy atom. The van der Waals surface area contributed by atoms with Crippen molar-refractivity contribution in [3.05, 3.63) is 0 Å². The van der Waals surface area contributed by atoms with E-state index < -0.39 is 0 Å². The first-order valence-corrected chi connectivity index (χ1v) is 15.2. The van der Waals surface area contributed by atoms with E-state index in [2.05, 4.69) is 23.3 Å². The Balaban J connectivity index is 1.50. The molecule has 4 rings (SSSR count). The Morgan fingerprint density at radius 2 is 1.89 bits per heavy atom. The third kappa shape index (κ3) is 4.82. The van der Waals surface area contributed by atoms with Gasteiger partial charge in [-0.15, -0.1) is 0 Å². The molecule has 6 atom stereocenters. The van der Waals surface area contributed by atoms with E-state index in [1.165, 1.54) is 81.5 Å². The zero-order chi connectivity index (χ0) is 19.6. The molecular weight excluding hydrogens is 477 g/mol. The number of hydrogen-bond acceptors (Lipinski definition) is 4. The highest BCUT2D eigenvalue weighted by Crippen LogP contribution is 2.51. The molecule has 0 spiro atoms. The molecule has 5 heteroatoms. The number of rotatable bonds is 3. The molecule has 3 saturated carbocycles. The van der Waals surface area contributed by atoms with Gasteiger partial charge in [-0.25, -0.2) is 0 Å². The zero-order valence-corrected chi connectivity index (χ0v) is 20.8. The Hall–Kier alpha value is 0.380. The molecule has 0 aromatic carbocycles. The number of nitrogens with one attached hydrogen (secondary N) is 1. The number of hydrogen-bond donors (Lipinski definition) is 2. The second-order valence-electron chi connectivity index (χ2n) is 10.2. The van der Waals surface area contributed by atoms with E-state index in [-0.39, 0.29) is 20.7 Å². The van der Waals surface area contributed by atoms with Gasteiger partial charge in [-0.2, -0.15) is 0 Å². The maximum absolute atomic E-state index is 6.90. The zero-order valence-electron chi connectivity index (χ0n) is 17.8. The number of nitrogens with zero attached hydrogens (tertiary/aromatic N) is 1. The molecular formula is C23H40IN3S. The summed E-state index contributed by atoms with van der Waals surface area (Å²) in [6, 6.07) is 0.958. The lowest BCUT2D eigenvalue weighted by Crippen LogP contribution is -2.53. The summed E-state index contributed by atoms with van der Waals surface area (Å²) in [6.45, 7) is 4.88. The van der Waals surface area contributed by atoms with E-state index in [0.717, 1.165) is 21.7 Å². The van der Waals surface area contributed by atoms with Gasteiger partial charge in [0.25, 0.3) is 0 Å². The fourth-order valence-electron chi connectivity index (χ4n) is 6.31. The molecule has 1 heterocycles. The van der Waals surface area contributed by atoms with Crippen LogP contribution in [0.4, 0.5) is 0 Å². The van der Waals surface area contributed by atoms with Gasteiger partial charge in [0.2, 0.25) is 0 Å². The average molecular weight is 518 g/mol. The van der Waals surface area contributed by atoms with Crippen LogP contribution in [0.2, 0.25) is 0 Å². The topological polar surface area (TPSA) is 50.4 Å². The SMILES string of the molecule is CC1CCC2I=CNC(SCC3(C4CCCCC4)CC(C)CCC3N)=NC2C1. The minimum absolute atomic E-state index is 0.122. The van der Waals surface area contributed by atoms with Gasteiger partial charge in [0.15, 0.2) is 5.17 Å². The molecule has 0 bridgehead atoms. The Bertz CT molecular complexity index is 588. The van der Waals surface area contributed by atoms with E-state index >= 15 is 0 Å². The molecule has 6 unspecified atom stereocenters. The summed E-state index contributed by atoms with van der Waals surface area (Å²) in [5.41, 5.74) is 7.23. The Kier molecular flexibility index (Phi) is 7.46. The minimum atomic E-state index is 0.122. The van der Waals surface area contributed by atoms with Gasteiger partial charge in [0.05, 0.1) is 6.04 Å².